The molecule has 0 atom stereocenters. The van der Waals surface area contributed by atoms with Gasteiger partial charge in [0.1, 0.15) is 4.60 Å². The van der Waals surface area contributed by atoms with Gasteiger partial charge in [-0.3, -0.25) is 0 Å². The fourth-order valence-electron chi connectivity index (χ4n) is 1.10. The van der Waals surface area contributed by atoms with Crippen LogP contribution in [0.25, 0.3) is 0 Å². The first-order chi connectivity index (χ1) is 5.77. The fraction of sp³-hybridized carbons (Fsp3) is 0.444. The second-order valence-electron chi connectivity index (χ2n) is 2.53. The topological polar surface area (TPSA) is 22.1 Å². The summed E-state index contributed by atoms with van der Waals surface area (Å²) < 4.78 is 5.94. The van der Waals surface area contributed by atoms with Gasteiger partial charge in [-0.05, 0) is 34.0 Å². The molecule has 3 heteroatoms. The molecule has 1 aromatic heterocycles. The average Bonchev–Trinajstić information content (AvgIpc) is 2.08. The Morgan fingerprint density at radius 3 is 2.83 bits per heavy atom. The quantitative estimate of drug-likeness (QED) is 0.744. The van der Waals surface area contributed by atoms with Crippen molar-refractivity contribution in [2.45, 2.75) is 20.0 Å². The van der Waals surface area contributed by atoms with E-state index in [-0.39, 0.29) is 0 Å². The number of pyridine rings is 1. The van der Waals surface area contributed by atoms with Crippen molar-refractivity contribution in [1.29, 1.82) is 0 Å². The highest BCUT2D eigenvalue weighted by molar-refractivity contribution is 9.10. The summed E-state index contributed by atoms with van der Waals surface area (Å²) >= 11 is 3.34. The molecular weight excluding hydrogens is 218 g/mol. The first-order valence-corrected chi connectivity index (χ1v) is 4.70. The molecule has 1 rings (SSSR count). The van der Waals surface area contributed by atoms with Gasteiger partial charge in [-0.25, -0.2) is 4.98 Å². The van der Waals surface area contributed by atoms with E-state index in [2.05, 4.69) is 27.8 Å². The monoisotopic (exact) mass is 229 g/mol. The van der Waals surface area contributed by atoms with Crippen LogP contribution >= 0.6 is 15.9 Å². The van der Waals surface area contributed by atoms with Crippen LogP contribution in [0, 0.1) is 0 Å². The number of halogens is 1. The van der Waals surface area contributed by atoms with Crippen LogP contribution in [0.15, 0.2) is 16.7 Å². The van der Waals surface area contributed by atoms with Crippen LogP contribution in [0.4, 0.5) is 0 Å². The lowest BCUT2D eigenvalue weighted by Gasteiger charge is -2.05. The lowest BCUT2D eigenvalue weighted by molar-refractivity contribution is 0.183. The van der Waals surface area contributed by atoms with E-state index in [9.17, 15) is 0 Å². The summed E-state index contributed by atoms with van der Waals surface area (Å²) in [5, 5.41) is 0. The smallest absolute Gasteiger partial charge is 0.106 e. The van der Waals surface area contributed by atoms with Gasteiger partial charge in [0.15, 0.2) is 0 Å². The summed E-state index contributed by atoms with van der Waals surface area (Å²) in [5.74, 6) is 0. The predicted octanol–water partition coefficient (Wildman–Crippen LogP) is 2.55. The fourth-order valence-corrected chi connectivity index (χ4v) is 1.44. The highest BCUT2D eigenvalue weighted by Gasteiger charge is 2.01. The summed E-state index contributed by atoms with van der Waals surface area (Å²) in [6.45, 7) is 2.73. The van der Waals surface area contributed by atoms with E-state index in [1.165, 1.54) is 5.56 Å². The number of hydrogen-bond donors (Lipinski definition) is 0. The third-order valence-electron chi connectivity index (χ3n) is 1.67. The molecule has 0 amide bonds. The molecule has 12 heavy (non-hydrogen) atoms. The summed E-state index contributed by atoms with van der Waals surface area (Å²) in [6, 6.07) is 3.98. The maximum absolute atomic E-state index is 5.05. The third kappa shape index (κ3) is 2.29. The second-order valence-corrected chi connectivity index (χ2v) is 3.34. The van der Waals surface area contributed by atoms with Crippen molar-refractivity contribution in [3.8, 4) is 0 Å². The van der Waals surface area contributed by atoms with Crippen molar-refractivity contribution in [3.05, 3.63) is 28.0 Å². The number of hydrogen-bond acceptors (Lipinski definition) is 2. The zero-order chi connectivity index (χ0) is 8.97. The number of aryl methyl sites for hydroxylation is 1. The van der Waals surface area contributed by atoms with Crippen LogP contribution in [0.5, 0.6) is 0 Å². The van der Waals surface area contributed by atoms with Crippen molar-refractivity contribution < 1.29 is 4.74 Å². The SMILES string of the molecule is CCc1nc(Br)ccc1COC. The van der Waals surface area contributed by atoms with Gasteiger partial charge in [-0.1, -0.05) is 13.0 Å². The molecular formula is C9H12BrNO. The molecule has 0 aliphatic carbocycles. The Morgan fingerprint density at radius 1 is 1.50 bits per heavy atom. The lowest BCUT2D eigenvalue weighted by atomic mass is 10.2. The van der Waals surface area contributed by atoms with Crippen LogP contribution in [-0.2, 0) is 17.8 Å². The van der Waals surface area contributed by atoms with Crippen LogP contribution in [0.3, 0.4) is 0 Å². The molecule has 0 spiro atoms. The minimum atomic E-state index is 0.642. The Bertz CT molecular complexity index is 263. The maximum atomic E-state index is 5.05. The van der Waals surface area contributed by atoms with Gasteiger partial charge in [0, 0.05) is 12.8 Å². The molecule has 0 aliphatic heterocycles. The Hall–Kier alpha value is -0.410. The van der Waals surface area contributed by atoms with Crippen molar-refractivity contribution in [2.24, 2.45) is 0 Å². The van der Waals surface area contributed by atoms with Gasteiger partial charge >= 0.3 is 0 Å². The minimum absolute atomic E-state index is 0.642. The lowest BCUT2D eigenvalue weighted by Crippen LogP contribution is -1.97. The molecule has 0 saturated carbocycles. The normalized spacial score (nSPS) is 10.2. The third-order valence-corrected chi connectivity index (χ3v) is 2.11. The highest BCUT2D eigenvalue weighted by atomic mass is 79.9. The average molecular weight is 230 g/mol. The van der Waals surface area contributed by atoms with Gasteiger partial charge in [0.2, 0.25) is 0 Å². The van der Waals surface area contributed by atoms with Crippen molar-refractivity contribution in [2.75, 3.05) is 7.11 Å². The molecule has 0 fully saturated rings. The Kier molecular flexibility index (Phi) is 3.69. The molecule has 66 valence electrons. The number of ether oxygens (including phenoxy) is 1. The van der Waals surface area contributed by atoms with Crippen LogP contribution in [0.2, 0.25) is 0 Å². The second kappa shape index (κ2) is 4.58. The summed E-state index contributed by atoms with van der Waals surface area (Å²) in [6.07, 6.45) is 0.943. The molecule has 2 nitrogen and oxygen atoms in total. The Morgan fingerprint density at radius 2 is 2.25 bits per heavy atom. The molecule has 0 saturated heterocycles. The minimum Gasteiger partial charge on any atom is -0.380 e. The van der Waals surface area contributed by atoms with Gasteiger partial charge < -0.3 is 4.74 Å². The molecule has 0 aliphatic rings. The molecule has 0 N–H and O–H groups in total. The van der Waals surface area contributed by atoms with Crippen LogP contribution in [0.1, 0.15) is 18.2 Å². The van der Waals surface area contributed by atoms with Crippen molar-refractivity contribution >= 4 is 15.9 Å². The Labute approximate surface area is 81.1 Å². The van der Waals surface area contributed by atoms with E-state index in [4.69, 9.17) is 4.74 Å². The van der Waals surface area contributed by atoms with E-state index in [0.717, 1.165) is 16.7 Å². The summed E-state index contributed by atoms with van der Waals surface area (Å²) in [5.41, 5.74) is 2.27. The van der Waals surface area contributed by atoms with Crippen molar-refractivity contribution in [1.82, 2.24) is 4.98 Å². The molecule has 0 unspecified atom stereocenters. The zero-order valence-electron chi connectivity index (χ0n) is 7.30. The van der Waals surface area contributed by atoms with Crippen LogP contribution in [-0.4, -0.2) is 12.1 Å². The van der Waals surface area contributed by atoms with E-state index in [1.807, 2.05) is 12.1 Å². The largest absolute Gasteiger partial charge is 0.380 e. The van der Waals surface area contributed by atoms with Gasteiger partial charge in [-0.2, -0.15) is 0 Å². The van der Waals surface area contributed by atoms with E-state index < -0.39 is 0 Å². The van der Waals surface area contributed by atoms with Gasteiger partial charge in [0.25, 0.3) is 0 Å². The number of aromatic nitrogens is 1. The molecule has 0 radical (unpaired) electrons. The Balaban J connectivity index is 2.94. The summed E-state index contributed by atoms with van der Waals surface area (Å²) in [7, 11) is 1.70. The molecule has 0 aromatic carbocycles. The van der Waals surface area contributed by atoms with E-state index in [0.29, 0.717) is 6.61 Å². The standard InChI is InChI=1S/C9H12BrNO/c1-3-8-7(6-12-2)4-5-9(10)11-8/h4-5H,3,6H2,1-2H3. The van der Waals surface area contributed by atoms with Gasteiger partial charge in [-0.15, -0.1) is 0 Å². The molecule has 1 heterocycles. The van der Waals surface area contributed by atoms with Crippen molar-refractivity contribution in [3.63, 3.8) is 0 Å². The van der Waals surface area contributed by atoms with Gasteiger partial charge in [0.05, 0.1) is 6.61 Å². The highest BCUT2D eigenvalue weighted by Crippen LogP contribution is 2.13. The number of rotatable bonds is 3. The number of methoxy groups -OCH3 is 1. The maximum Gasteiger partial charge on any atom is 0.106 e. The molecule has 1 aromatic rings. The number of nitrogens with zero attached hydrogens (tertiary/aromatic N) is 1. The van der Waals surface area contributed by atoms with E-state index in [1.54, 1.807) is 7.11 Å². The summed E-state index contributed by atoms with van der Waals surface area (Å²) in [4.78, 5) is 4.35. The predicted molar refractivity (Wildman–Crippen MR) is 52.0 cm³/mol. The first-order valence-electron chi connectivity index (χ1n) is 3.91. The van der Waals surface area contributed by atoms with Crippen LogP contribution < -0.4 is 0 Å². The molecule has 0 bridgehead atoms. The van der Waals surface area contributed by atoms with E-state index >= 15 is 0 Å². The first kappa shape index (κ1) is 9.68. The zero-order valence-corrected chi connectivity index (χ0v) is 8.89.